The highest BCUT2D eigenvalue weighted by Gasteiger charge is 2.35. The standard InChI is InChI=1S/C20H19NO3/c1-12-9-18-16(17(11-21-18)19(22)23)10-15(12)13-3-5-14(6-4-13)20(24)7-2-8-20/h3-6,9-11,21,24H,2,7-8H2,1H3,(H,22,23). The summed E-state index contributed by atoms with van der Waals surface area (Å²) in [4.78, 5) is 14.4. The largest absolute Gasteiger partial charge is 0.478 e. The van der Waals surface area contributed by atoms with E-state index in [0.717, 1.165) is 47.0 Å². The van der Waals surface area contributed by atoms with Crippen LogP contribution in [0.25, 0.3) is 22.0 Å². The number of aromatic carboxylic acids is 1. The molecule has 122 valence electrons. The fourth-order valence-corrected chi connectivity index (χ4v) is 3.53. The Morgan fingerprint density at radius 3 is 2.46 bits per heavy atom. The van der Waals surface area contributed by atoms with Gasteiger partial charge in [0.25, 0.3) is 0 Å². The van der Waals surface area contributed by atoms with Crippen LogP contribution in [0, 0.1) is 6.92 Å². The number of hydrogen-bond donors (Lipinski definition) is 3. The number of H-pyrrole nitrogens is 1. The number of hydrogen-bond acceptors (Lipinski definition) is 2. The van der Waals surface area contributed by atoms with Gasteiger partial charge in [-0.15, -0.1) is 0 Å². The average molecular weight is 321 g/mol. The number of rotatable bonds is 3. The predicted molar refractivity (Wildman–Crippen MR) is 93.2 cm³/mol. The zero-order valence-electron chi connectivity index (χ0n) is 13.5. The molecule has 0 spiro atoms. The number of carbonyl (C=O) groups is 1. The molecule has 3 aromatic rings. The summed E-state index contributed by atoms with van der Waals surface area (Å²) in [5.41, 5.74) is 4.53. The molecule has 1 heterocycles. The summed E-state index contributed by atoms with van der Waals surface area (Å²) in [7, 11) is 0. The monoisotopic (exact) mass is 321 g/mol. The second kappa shape index (κ2) is 5.21. The number of carboxylic acids is 1. The van der Waals surface area contributed by atoms with Crippen LogP contribution in [0.5, 0.6) is 0 Å². The molecule has 0 atom stereocenters. The van der Waals surface area contributed by atoms with Crippen LogP contribution in [0.2, 0.25) is 0 Å². The van der Waals surface area contributed by atoms with Gasteiger partial charge in [0.15, 0.2) is 0 Å². The first-order chi connectivity index (χ1) is 11.5. The minimum absolute atomic E-state index is 0.284. The van der Waals surface area contributed by atoms with E-state index in [1.165, 1.54) is 6.20 Å². The van der Waals surface area contributed by atoms with E-state index in [9.17, 15) is 15.0 Å². The zero-order valence-corrected chi connectivity index (χ0v) is 13.5. The van der Waals surface area contributed by atoms with Crippen molar-refractivity contribution in [1.82, 2.24) is 4.98 Å². The quantitative estimate of drug-likeness (QED) is 0.676. The summed E-state index contributed by atoms with van der Waals surface area (Å²) < 4.78 is 0. The van der Waals surface area contributed by atoms with E-state index < -0.39 is 11.6 Å². The van der Waals surface area contributed by atoms with Crippen molar-refractivity contribution in [2.45, 2.75) is 31.8 Å². The molecule has 1 fully saturated rings. The molecule has 4 heteroatoms. The van der Waals surface area contributed by atoms with Crippen LogP contribution < -0.4 is 0 Å². The van der Waals surface area contributed by atoms with Gasteiger partial charge in [0.1, 0.15) is 0 Å². The second-order valence-electron chi connectivity index (χ2n) is 6.68. The van der Waals surface area contributed by atoms with Crippen LogP contribution in [-0.4, -0.2) is 21.2 Å². The van der Waals surface area contributed by atoms with E-state index in [-0.39, 0.29) is 5.56 Å². The van der Waals surface area contributed by atoms with Gasteiger partial charge in [-0.1, -0.05) is 24.3 Å². The van der Waals surface area contributed by atoms with Gasteiger partial charge in [-0.05, 0) is 60.6 Å². The summed E-state index contributed by atoms with van der Waals surface area (Å²) >= 11 is 0. The van der Waals surface area contributed by atoms with Crippen LogP contribution in [0.15, 0.2) is 42.6 Å². The normalized spacial score (nSPS) is 16.1. The number of benzene rings is 2. The minimum Gasteiger partial charge on any atom is -0.478 e. The Hall–Kier alpha value is -2.59. The lowest BCUT2D eigenvalue weighted by molar-refractivity contribution is -0.0387. The Kier molecular flexibility index (Phi) is 3.25. The van der Waals surface area contributed by atoms with Gasteiger partial charge in [-0.3, -0.25) is 0 Å². The molecule has 2 aromatic carbocycles. The number of aliphatic hydroxyl groups is 1. The molecular weight excluding hydrogens is 302 g/mol. The lowest BCUT2D eigenvalue weighted by Crippen LogP contribution is -2.33. The molecule has 24 heavy (non-hydrogen) atoms. The third-order valence-electron chi connectivity index (χ3n) is 5.17. The van der Waals surface area contributed by atoms with Crippen molar-refractivity contribution >= 4 is 16.9 Å². The van der Waals surface area contributed by atoms with Crippen LogP contribution in [0.4, 0.5) is 0 Å². The van der Waals surface area contributed by atoms with Crippen molar-refractivity contribution in [3.63, 3.8) is 0 Å². The van der Waals surface area contributed by atoms with Gasteiger partial charge < -0.3 is 15.2 Å². The van der Waals surface area contributed by atoms with Crippen LogP contribution in [0.3, 0.4) is 0 Å². The van der Waals surface area contributed by atoms with Gasteiger partial charge in [-0.25, -0.2) is 4.79 Å². The first kappa shape index (κ1) is 15.0. The molecule has 0 aliphatic heterocycles. The molecule has 4 nitrogen and oxygen atoms in total. The summed E-state index contributed by atoms with van der Waals surface area (Å²) in [6.45, 7) is 2.02. The molecule has 1 aliphatic carbocycles. The van der Waals surface area contributed by atoms with Crippen molar-refractivity contribution in [3.8, 4) is 11.1 Å². The fraction of sp³-hybridized carbons (Fsp3) is 0.250. The van der Waals surface area contributed by atoms with Crippen molar-refractivity contribution in [3.05, 3.63) is 59.3 Å². The first-order valence-corrected chi connectivity index (χ1v) is 8.16. The summed E-state index contributed by atoms with van der Waals surface area (Å²) in [6.07, 6.45) is 4.25. The molecule has 3 N–H and O–H groups in total. The maximum absolute atomic E-state index is 11.4. The minimum atomic E-state index is -0.932. The fourth-order valence-electron chi connectivity index (χ4n) is 3.53. The smallest absolute Gasteiger partial charge is 0.337 e. The maximum Gasteiger partial charge on any atom is 0.337 e. The van der Waals surface area contributed by atoms with Crippen molar-refractivity contribution in [2.75, 3.05) is 0 Å². The van der Waals surface area contributed by atoms with Crippen LogP contribution in [-0.2, 0) is 5.60 Å². The molecule has 1 aromatic heterocycles. The number of aryl methyl sites for hydroxylation is 1. The van der Waals surface area contributed by atoms with Crippen molar-refractivity contribution in [1.29, 1.82) is 0 Å². The lowest BCUT2D eigenvalue weighted by Gasteiger charge is -2.37. The highest BCUT2D eigenvalue weighted by molar-refractivity contribution is 6.04. The van der Waals surface area contributed by atoms with Gasteiger partial charge in [-0.2, -0.15) is 0 Å². The number of aromatic amines is 1. The molecule has 0 unspecified atom stereocenters. The molecule has 0 bridgehead atoms. The third-order valence-corrected chi connectivity index (χ3v) is 5.17. The van der Waals surface area contributed by atoms with Gasteiger partial charge in [0, 0.05) is 17.1 Å². The molecule has 0 saturated heterocycles. The number of aromatic nitrogens is 1. The highest BCUT2D eigenvalue weighted by Crippen LogP contribution is 2.41. The molecule has 1 saturated carbocycles. The Morgan fingerprint density at radius 1 is 1.17 bits per heavy atom. The van der Waals surface area contributed by atoms with E-state index in [1.54, 1.807) is 0 Å². The molecule has 1 aliphatic rings. The number of fused-ring (bicyclic) bond motifs is 1. The maximum atomic E-state index is 11.4. The Morgan fingerprint density at radius 2 is 1.88 bits per heavy atom. The van der Waals surface area contributed by atoms with E-state index in [1.807, 2.05) is 43.3 Å². The van der Waals surface area contributed by atoms with E-state index in [2.05, 4.69) is 4.98 Å². The first-order valence-electron chi connectivity index (χ1n) is 8.16. The van der Waals surface area contributed by atoms with Crippen molar-refractivity contribution < 1.29 is 15.0 Å². The van der Waals surface area contributed by atoms with E-state index >= 15 is 0 Å². The number of nitrogens with one attached hydrogen (secondary N) is 1. The van der Waals surface area contributed by atoms with Gasteiger partial charge in [0.05, 0.1) is 11.2 Å². The summed E-state index contributed by atoms with van der Waals surface area (Å²) in [5, 5.41) is 20.5. The Bertz CT molecular complexity index is 933. The van der Waals surface area contributed by atoms with Gasteiger partial charge >= 0.3 is 5.97 Å². The lowest BCUT2D eigenvalue weighted by atomic mass is 9.75. The number of carboxylic acid groups (broad SMARTS) is 1. The second-order valence-corrected chi connectivity index (χ2v) is 6.68. The van der Waals surface area contributed by atoms with Gasteiger partial charge in [0.2, 0.25) is 0 Å². The summed E-state index contributed by atoms with van der Waals surface area (Å²) in [5.74, 6) is -0.932. The van der Waals surface area contributed by atoms with E-state index in [0.29, 0.717) is 5.39 Å². The third kappa shape index (κ3) is 2.22. The Labute approximate surface area is 139 Å². The topological polar surface area (TPSA) is 73.3 Å². The summed E-state index contributed by atoms with van der Waals surface area (Å²) in [6, 6.07) is 11.9. The predicted octanol–water partition coefficient (Wildman–Crippen LogP) is 4.21. The van der Waals surface area contributed by atoms with Crippen molar-refractivity contribution in [2.24, 2.45) is 0 Å². The zero-order chi connectivity index (χ0) is 16.9. The molecule has 4 rings (SSSR count). The molecule has 0 radical (unpaired) electrons. The van der Waals surface area contributed by atoms with Crippen LogP contribution >= 0.6 is 0 Å². The highest BCUT2D eigenvalue weighted by atomic mass is 16.4. The molecular formula is C20H19NO3. The molecule has 0 amide bonds. The Balaban J connectivity index is 1.79. The van der Waals surface area contributed by atoms with Crippen LogP contribution in [0.1, 0.15) is 40.7 Å². The van der Waals surface area contributed by atoms with E-state index in [4.69, 9.17) is 0 Å². The average Bonchev–Trinajstić information content (AvgIpc) is 2.95. The SMILES string of the molecule is Cc1cc2[nH]cc(C(=O)O)c2cc1-c1ccc(C2(O)CCC2)cc1.